The lowest BCUT2D eigenvalue weighted by atomic mass is 10.2. The highest BCUT2D eigenvalue weighted by Gasteiger charge is 2.14. The fraction of sp³-hybridized carbons (Fsp3) is 0.182. The number of carbonyl (C=O) groups is 1. The Labute approximate surface area is 186 Å². The molecule has 0 saturated carbocycles. The number of nitrogens with zero attached hydrogens (tertiary/aromatic N) is 1. The summed E-state index contributed by atoms with van der Waals surface area (Å²) in [5, 5.41) is 0.315. The number of benzene rings is 2. The molecule has 31 heavy (non-hydrogen) atoms. The lowest BCUT2D eigenvalue weighted by Gasteiger charge is -2.09. The zero-order valence-electron chi connectivity index (χ0n) is 16.5. The van der Waals surface area contributed by atoms with Gasteiger partial charge in [-0.15, -0.1) is 0 Å². The molecule has 2 aromatic carbocycles. The molecule has 0 unspecified atom stereocenters. The molecule has 0 aliphatic rings. The minimum absolute atomic E-state index is 0.0405. The summed E-state index contributed by atoms with van der Waals surface area (Å²) < 4.78 is 37.6. The lowest BCUT2D eigenvalue weighted by molar-refractivity contribution is -0.144. The predicted octanol–water partition coefficient (Wildman–Crippen LogP) is 3.73. The molecule has 0 aliphatic carbocycles. The van der Waals surface area contributed by atoms with Crippen molar-refractivity contribution in [3.63, 3.8) is 0 Å². The van der Waals surface area contributed by atoms with E-state index in [-0.39, 0.29) is 24.5 Å². The summed E-state index contributed by atoms with van der Waals surface area (Å²) in [7, 11) is -3.74. The number of ether oxygens (including phenoxy) is 2. The van der Waals surface area contributed by atoms with Gasteiger partial charge in [0.2, 0.25) is 10.0 Å². The van der Waals surface area contributed by atoms with Crippen LogP contribution in [0.2, 0.25) is 5.02 Å². The summed E-state index contributed by atoms with van der Waals surface area (Å²) in [6, 6.07) is 18.7. The Kier molecular flexibility index (Phi) is 8.00. The van der Waals surface area contributed by atoms with Crippen LogP contribution >= 0.6 is 11.6 Å². The summed E-state index contributed by atoms with van der Waals surface area (Å²) >= 11 is 5.81. The van der Waals surface area contributed by atoms with Gasteiger partial charge in [-0.1, -0.05) is 35.9 Å². The number of halogens is 1. The van der Waals surface area contributed by atoms with E-state index in [9.17, 15) is 13.2 Å². The molecule has 0 fully saturated rings. The van der Waals surface area contributed by atoms with Crippen molar-refractivity contribution in [3.8, 4) is 5.75 Å². The Balaban J connectivity index is 1.39. The fourth-order valence-electron chi connectivity index (χ4n) is 2.56. The molecule has 162 valence electrons. The van der Waals surface area contributed by atoms with Crippen LogP contribution in [0.5, 0.6) is 5.75 Å². The van der Waals surface area contributed by atoms with E-state index in [2.05, 4.69) is 9.71 Å². The molecule has 9 heteroatoms. The summed E-state index contributed by atoms with van der Waals surface area (Å²) in [6.07, 6.45) is 1.61. The Morgan fingerprint density at radius 2 is 1.81 bits per heavy atom. The van der Waals surface area contributed by atoms with Crippen LogP contribution in [0.15, 0.2) is 77.8 Å². The number of aromatic nitrogens is 1. The highest BCUT2D eigenvalue weighted by atomic mass is 35.5. The van der Waals surface area contributed by atoms with E-state index in [0.717, 1.165) is 11.3 Å². The maximum Gasteiger partial charge on any atom is 0.307 e. The smallest absolute Gasteiger partial charge is 0.307 e. The number of carbonyl (C=O) groups excluding carboxylic acids is 1. The molecule has 1 heterocycles. The third-order valence-corrected chi connectivity index (χ3v) is 5.86. The average molecular weight is 461 g/mol. The maximum absolute atomic E-state index is 12.2. The van der Waals surface area contributed by atoms with Crippen molar-refractivity contribution in [2.24, 2.45) is 0 Å². The molecule has 0 spiro atoms. The van der Waals surface area contributed by atoms with E-state index in [1.165, 1.54) is 12.1 Å². The molecule has 0 amide bonds. The summed E-state index contributed by atoms with van der Waals surface area (Å²) in [5.41, 5.74) is 1.62. The first-order valence-electron chi connectivity index (χ1n) is 9.45. The van der Waals surface area contributed by atoms with Crippen LogP contribution in [0, 0.1) is 0 Å². The van der Waals surface area contributed by atoms with Crippen LogP contribution in [0.1, 0.15) is 17.7 Å². The third kappa shape index (κ3) is 7.36. The molecular formula is C22H21ClN2O5S. The van der Waals surface area contributed by atoms with Crippen LogP contribution in [-0.4, -0.2) is 25.9 Å². The highest BCUT2D eigenvalue weighted by molar-refractivity contribution is 7.89. The molecule has 7 nitrogen and oxygen atoms in total. The van der Waals surface area contributed by atoms with Crippen LogP contribution in [0.3, 0.4) is 0 Å². The molecule has 0 aliphatic heterocycles. The number of pyridine rings is 1. The molecule has 0 saturated heterocycles. The van der Waals surface area contributed by atoms with Gasteiger partial charge < -0.3 is 9.47 Å². The molecule has 0 radical (unpaired) electrons. The summed E-state index contributed by atoms with van der Waals surface area (Å²) in [4.78, 5) is 16.1. The Morgan fingerprint density at radius 3 is 2.52 bits per heavy atom. The first kappa shape index (κ1) is 22.7. The van der Waals surface area contributed by atoms with Crippen molar-refractivity contribution >= 4 is 27.6 Å². The van der Waals surface area contributed by atoms with Gasteiger partial charge >= 0.3 is 5.97 Å². The first-order chi connectivity index (χ1) is 14.9. The van der Waals surface area contributed by atoms with E-state index in [0.29, 0.717) is 17.4 Å². The Morgan fingerprint density at radius 1 is 1.00 bits per heavy atom. The molecule has 3 aromatic rings. The second-order valence-electron chi connectivity index (χ2n) is 6.52. The predicted molar refractivity (Wildman–Crippen MR) is 116 cm³/mol. The monoisotopic (exact) mass is 460 g/mol. The van der Waals surface area contributed by atoms with Crippen LogP contribution in [0.4, 0.5) is 0 Å². The molecule has 0 bridgehead atoms. The fourth-order valence-corrected chi connectivity index (χ4v) is 3.90. The average Bonchev–Trinajstić information content (AvgIpc) is 2.77. The standard InChI is InChI=1S/C22H21ClN2O5S/c23-18-4-3-6-21(14-18)31(27,28)25-13-11-22(26)30-15-17-7-9-20(10-8-17)29-16-19-5-1-2-12-24-19/h1-10,12,14,25H,11,13,15-16H2. The summed E-state index contributed by atoms with van der Waals surface area (Å²) in [6.45, 7) is 0.370. The van der Waals surface area contributed by atoms with Gasteiger partial charge in [-0.3, -0.25) is 9.78 Å². The van der Waals surface area contributed by atoms with E-state index in [4.69, 9.17) is 21.1 Å². The number of hydrogen-bond acceptors (Lipinski definition) is 6. The second-order valence-corrected chi connectivity index (χ2v) is 8.72. The highest BCUT2D eigenvalue weighted by Crippen LogP contribution is 2.16. The van der Waals surface area contributed by atoms with Crippen molar-refractivity contribution < 1.29 is 22.7 Å². The number of esters is 1. The number of rotatable bonds is 10. The number of hydrogen-bond donors (Lipinski definition) is 1. The van der Waals surface area contributed by atoms with Crippen LogP contribution in [0.25, 0.3) is 0 Å². The maximum atomic E-state index is 12.2. The van der Waals surface area contributed by atoms with Gasteiger partial charge in [0, 0.05) is 17.8 Å². The molecular weight excluding hydrogens is 440 g/mol. The van der Waals surface area contributed by atoms with Gasteiger partial charge in [-0.2, -0.15) is 0 Å². The minimum atomic E-state index is -3.74. The van der Waals surface area contributed by atoms with Gasteiger partial charge in [-0.05, 0) is 48.0 Å². The number of sulfonamides is 1. The van der Waals surface area contributed by atoms with Crippen LogP contribution < -0.4 is 9.46 Å². The quantitative estimate of drug-likeness (QED) is 0.463. The largest absolute Gasteiger partial charge is 0.487 e. The van der Waals surface area contributed by atoms with Crippen molar-refractivity contribution in [1.29, 1.82) is 0 Å². The van der Waals surface area contributed by atoms with Crippen molar-refractivity contribution in [1.82, 2.24) is 9.71 Å². The first-order valence-corrected chi connectivity index (χ1v) is 11.3. The van der Waals surface area contributed by atoms with E-state index in [1.54, 1.807) is 42.6 Å². The zero-order chi connectivity index (χ0) is 22.1. The van der Waals surface area contributed by atoms with Gasteiger partial charge in [0.15, 0.2) is 0 Å². The van der Waals surface area contributed by atoms with Gasteiger partial charge in [0.25, 0.3) is 0 Å². The number of nitrogens with one attached hydrogen (secondary N) is 1. The second kappa shape index (κ2) is 10.9. The van der Waals surface area contributed by atoms with Crippen molar-refractivity contribution in [2.45, 2.75) is 24.5 Å². The molecule has 3 rings (SSSR count). The normalized spacial score (nSPS) is 11.1. The SMILES string of the molecule is O=C(CCNS(=O)(=O)c1cccc(Cl)c1)OCc1ccc(OCc2ccccn2)cc1. The molecule has 1 aromatic heterocycles. The van der Waals surface area contributed by atoms with E-state index in [1.807, 2.05) is 18.2 Å². The van der Waals surface area contributed by atoms with E-state index >= 15 is 0 Å². The van der Waals surface area contributed by atoms with E-state index < -0.39 is 16.0 Å². The summed E-state index contributed by atoms with van der Waals surface area (Å²) in [5.74, 6) is 0.167. The lowest BCUT2D eigenvalue weighted by Crippen LogP contribution is -2.26. The Hall–Kier alpha value is -2.94. The zero-order valence-corrected chi connectivity index (χ0v) is 18.1. The van der Waals surface area contributed by atoms with Gasteiger partial charge in [0.1, 0.15) is 19.0 Å². The van der Waals surface area contributed by atoms with Crippen molar-refractivity contribution in [2.75, 3.05) is 6.54 Å². The van der Waals surface area contributed by atoms with Gasteiger partial charge in [-0.25, -0.2) is 13.1 Å². The van der Waals surface area contributed by atoms with Gasteiger partial charge in [0.05, 0.1) is 17.0 Å². The topological polar surface area (TPSA) is 94.6 Å². The molecule has 1 N–H and O–H groups in total. The van der Waals surface area contributed by atoms with Crippen molar-refractivity contribution in [3.05, 3.63) is 89.2 Å². The third-order valence-electron chi connectivity index (χ3n) is 4.16. The molecule has 0 atom stereocenters. The minimum Gasteiger partial charge on any atom is -0.487 e. The Bertz CT molecular complexity index is 1110. The van der Waals surface area contributed by atoms with Crippen LogP contribution in [-0.2, 0) is 32.8 Å².